The zero-order valence-electron chi connectivity index (χ0n) is 8.29. The summed E-state index contributed by atoms with van der Waals surface area (Å²) in [6.07, 6.45) is 5.38. The summed E-state index contributed by atoms with van der Waals surface area (Å²) in [5.41, 5.74) is 3.24. The van der Waals surface area contributed by atoms with E-state index in [4.69, 9.17) is 4.42 Å². The van der Waals surface area contributed by atoms with Gasteiger partial charge in [0.05, 0.1) is 6.26 Å². The largest absolute Gasteiger partial charge is 0.465 e. The first-order chi connectivity index (χ1) is 6.08. The van der Waals surface area contributed by atoms with Crippen LogP contribution in [0.4, 0.5) is 0 Å². The lowest BCUT2D eigenvalue weighted by Gasteiger charge is -2.01. The van der Waals surface area contributed by atoms with E-state index in [1.165, 1.54) is 0 Å². The summed E-state index contributed by atoms with van der Waals surface area (Å²) in [6.45, 7) is 6.67. The van der Waals surface area contributed by atoms with E-state index >= 15 is 0 Å². The van der Waals surface area contributed by atoms with Crippen LogP contribution in [0.2, 0.25) is 19.6 Å². The molecule has 0 saturated carbocycles. The molecule has 0 N–H and O–H groups in total. The maximum atomic E-state index is 5.12. The second kappa shape index (κ2) is 4.15. The molecule has 0 unspecified atom stereocenters. The Morgan fingerprint density at radius 3 is 2.69 bits per heavy atom. The summed E-state index contributed by atoms with van der Waals surface area (Å²) in [7, 11) is -1.22. The lowest BCUT2D eigenvalue weighted by Crippen LogP contribution is -2.16. The Kier molecular flexibility index (Phi) is 3.16. The van der Waals surface area contributed by atoms with Crippen LogP contribution in [0, 0.1) is 11.5 Å². The van der Waals surface area contributed by atoms with Gasteiger partial charge in [-0.15, -0.1) is 5.54 Å². The lowest BCUT2D eigenvalue weighted by atomic mass is 10.4. The van der Waals surface area contributed by atoms with Crippen LogP contribution in [-0.2, 0) is 0 Å². The maximum Gasteiger partial charge on any atom is 0.129 e. The number of furan rings is 1. The van der Waals surface area contributed by atoms with E-state index in [1.807, 2.05) is 24.3 Å². The molecule has 0 aliphatic carbocycles. The summed E-state index contributed by atoms with van der Waals surface area (Å²) < 4.78 is 5.12. The minimum absolute atomic E-state index is 0.852. The number of hydrogen-bond acceptors (Lipinski definition) is 1. The van der Waals surface area contributed by atoms with Gasteiger partial charge >= 0.3 is 0 Å². The molecule has 0 amide bonds. The molecule has 1 aromatic heterocycles. The van der Waals surface area contributed by atoms with Crippen molar-refractivity contribution >= 4 is 14.1 Å². The topological polar surface area (TPSA) is 13.1 Å². The van der Waals surface area contributed by atoms with Crippen LogP contribution < -0.4 is 0 Å². The smallest absolute Gasteiger partial charge is 0.129 e. The molecule has 1 aromatic rings. The van der Waals surface area contributed by atoms with Crippen LogP contribution in [0.1, 0.15) is 5.76 Å². The summed E-state index contributed by atoms with van der Waals surface area (Å²) in [5, 5.41) is 0. The maximum absolute atomic E-state index is 5.12. The quantitative estimate of drug-likeness (QED) is 0.489. The van der Waals surface area contributed by atoms with E-state index in [0.29, 0.717) is 0 Å². The third-order valence-corrected chi connectivity index (χ3v) is 2.22. The molecule has 0 fully saturated rings. The Bertz CT molecular complexity index is 330. The summed E-state index contributed by atoms with van der Waals surface area (Å²) in [5.74, 6) is 3.89. The van der Waals surface area contributed by atoms with Gasteiger partial charge in [-0.3, -0.25) is 0 Å². The average molecular weight is 190 g/mol. The van der Waals surface area contributed by atoms with E-state index in [0.717, 1.165) is 5.76 Å². The highest BCUT2D eigenvalue weighted by Crippen LogP contribution is 2.01. The minimum Gasteiger partial charge on any atom is -0.465 e. The standard InChI is InChI=1S/C11H14OSi/c1-13(2,3)10-5-4-7-11-8-6-9-12-11/h4,6-9H,1-3H3/b7-4+. The van der Waals surface area contributed by atoms with Gasteiger partial charge < -0.3 is 4.42 Å². The van der Waals surface area contributed by atoms with Crippen molar-refractivity contribution in [1.29, 1.82) is 0 Å². The van der Waals surface area contributed by atoms with Crippen molar-refractivity contribution in [3.05, 3.63) is 30.2 Å². The van der Waals surface area contributed by atoms with E-state index in [-0.39, 0.29) is 0 Å². The van der Waals surface area contributed by atoms with Crippen LogP contribution >= 0.6 is 0 Å². The first kappa shape index (κ1) is 9.88. The molecule has 0 spiro atoms. The monoisotopic (exact) mass is 190 g/mol. The second-order valence-corrected chi connectivity index (χ2v) is 8.62. The minimum atomic E-state index is -1.22. The molecule has 1 nitrogen and oxygen atoms in total. The molecular weight excluding hydrogens is 176 g/mol. The first-order valence-electron chi connectivity index (χ1n) is 4.31. The molecule has 1 rings (SSSR count). The first-order valence-corrected chi connectivity index (χ1v) is 7.81. The molecule has 0 radical (unpaired) electrons. The molecule has 0 aromatic carbocycles. The highest BCUT2D eigenvalue weighted by Gasteiger charge is 2.06. The molecule has 2 heteroatoms. The zero-order valence-corrected chi connectivity index (χ0v) is 9.29. The van der Waals surface area contributed by atoms with Gasteiger partial charge in [0.15, 0.2) is 0 Å². The molecule has 0 bridgehead atoms. The van der Waals surface area contributed by atoms with E-state index in [1.54, 1.807) is 6.26 Å². The molecule has 0 saturated heterocycles. The molecule has 0 atom stereocenters. The van der Waals surface area contributed by atoms with Crippen molar-refractivity contribution in [2.24, 2.45) is 0 Å². The van der Waals surface area contributed by atoms with Gasteiger partial charge in [0.2, 0.25) is 0 Å². The van der Waals surface area contributed by atoms with Gasteiger partial charge in [0.25, 0.3) is 0 Å². The van der Waals surface area contributed by atoms with Crippen molar-refractivity contribution in [3.8, 4) is 11.5 Å². The molecular formula is C11H14OSi. The molecule has 13 heavy (non-hydrogen) atoms. The average Bonchev–Trinajstić information content (AvgIpc) is 2.48. The van der Waals surface area contributed by atoms with E-state index in [9.17, 15) is 0 Å². The second-order valence-electron chi connectivity index (χ2n) is 3.87. The fraction of sp³-hybridized carbons (Fsp3) is 0.273. The predicted molar refractivity (Wildman–Crippen MR) is 58.9 cm³/mol. The zero-order chi connectivity index (χ0) is 9.73. The third kappa shape index (κ3) is 4.39. The Morgan fingerprint density at radius 2 is 2.15 bits per heavy atom. The number of rotatable bonds is 1. The Hall–Kier alpha value is -1.20. The molecule has 0 aliphatic rings. The van der Waals surface area contributed by atoms with Gasteiger partial charge in [-0.05, 0) is 24.3 Å². The van der Waals surface area contributed by atoms with Crippen molar-refractivity contribution in [3.63, 3.8) is 0 Å². The normalized spacial score (nSPS) is 11.3. The summed E-state index contributed by atoms with van der Waals surface area (Å²) >= 11 is 0. The molecule has 0 aliphatic heterocycles. The Labute approximate surface area is 80.5 Å². The van der Waals surface area contributed by atoms with Crippen molar-refractivity contribution < 1.29 is 4.42 Å². The molecule has 1 heterocycles. The summed E-state index contributed by atoms with van der Waals surface area (Å²) in [4.78, 5) is 0. The van der Waals surface area contributed by atoms with Crippen molar-refractivity contribution in [1.82, 2.24) is 0 Å². The fourth-order valence-electron chi connectivity index (χ4n) is 0.768. The van der Waals surface area contributed by atoms with Crippen molar-refractivity contribution in [2.75, 3.05) is 0 Å². The van der Waals surface area contributed by atoms with Gasteiger partial charge in [-0.25, -0.2) is 0 Å². The van der Waals surface area contributed by atoms with Crippen LogP contribution in [0.5, 0.6) is 0 Å². The predicted octanol–water partition coefficient (Wildman–Crippen LogP) is 3.17. The third-order valence-electron chi connectivity index (χ3n) is 1.32. The summed E-state index contributed by atoms with van der Waals surface area (Å²) in [6, 6.07) is 3.78. The van der Waals surface area contributed by atoms with Crippen LogP contribution in [0.3, 0.4) is 0 Å². The van der Waals surface area contributed by atoms with Crippen LogP contribution in [0.15, 0.2) is 28.9 Å². The van der Waals surface area contributed by atoms with Gasteiger partial charge in [0, 0.05) is 0 Å². The highest BCUT2D eigenvalue weighted by molar-refractivity contribution is 6.83. The molecule has 68 valence electrons. The van der Waals surface area contributed by atoms with Crippen LogP contribution in [-0.4, -0.2) is 8.07 Å². The van der Waals surface area contributed by atoms with Gasteiger partial charge in [-0.1, -0.05) is 25.6 Å². The van der Waals surface area contributed by atoms with Crippen LogP contribution in [0.25, 0.3) is 6.08 Å². The highest BCUT2D eigenvalue weighted by atomic mass is 28.3. The van der Waals surface area contributed by atoms with E-state index in [2.05, 4.69) is 31.1 Å². The lowest BCUT2D eigenvalue weighted by molar-refractivity contribution is 0.557. The fourth-order valence-corrected chi connectivity index (χ4v) is 1.28. The Balaban J connectivity index is 2.55. The van der Waals surface area contributed by atoms with Gasteiger partial charge in [0.1, 0.15) is 13.8 Å². The van der Waals surface area contributed by atoms with Gasteiger partial charge in [-0.2, -0.15) is 0 Å². The van der Waals surface area contributed by atoms with Crippen molar-refractivity contribution in [2.45, 2.75) is 19.6 Å². The SMILES string of the molecule is C[Si](C)(C)C#C/C=C/c1ccco1. The number of allylic oxidation sites excluding steroid dienone is 1. The Morgan fingerprint density at radius 1 is 1.38 bits per heavy atom. The number of hydrogen-bond donors (Lipinski definition) is 0. The van der Waals surface area contributed by atoms with E-state index < -0.39 is 8.07 Å².